The number of carbonyl (C=O) groups excluding carboxylic acids is 2. The number of halogens is 2. The Balaban J connectivity index is 2.78. The molecule has 1 rings (SSSR count). The summed E-state index contributed by atoms with van der Waals surface area (Å²) in [6.45, 7) is 0. The van der Waals surface area contributed by atoms with Crippen LogP contribution in [0.1, 0.15) is 12.8 Å². The fourth-order valence-electron chi connectivity index (χ4n) is 0.909. The summed E-state index contributed by atoms with van der Waals surface area (Å²) in [4.78, 5) is 21.4. The van der Waals surface area contributed by atoms with Crippen LogP contribution < -0.4 is 0 Å². The molecule has 0 N–H and O–H groups in total. The highest BCUT2D eigenvalue weighted by Gasteiger charge is 2.45. The number of carbonyl (C=O) groups is 2. The molecule has 11 heavy (non-hydrogen) atoms. The summed E-state index contributed by atoms with van der Waals surface area (Å²) in [6, 6.07) is 0. The van der Waals surface area contributed by atoms with Crippen molar-refractivity contribution >= 4 is 34.4 Å². The maximum atomic E-state index is 10.7. The summed E-state index contributed by atoms with van der Waals surface area (Å²) in [7, 11) is 0. The Kier molecular flexibility index (Phi) is 2.40. The molecule has 0 amide bonds. The second-order valence-electron chi connectivity index (χ2n) is 2.38. The van der Waals surface area contributed by atoms with E-state index in [0.29, 0.717) is 0 Å². The van der Waals surface area contributed by atoms with Crippen LogP contribution in [0.3, 0.4) is 0 Å². The summed E-state index contributed by atoms with van der Waals surface area (Å²) < 4.78 is 4.71. The van der Waals surface area contributed by atoms with Crippen LogP contribution >= 0.6 is 23.2 Å². The van der Waals surface area contributed by atoms with E-state index in [2.05, 4.69) is 0 Å². The largest absolute Gasteiger partial charge is 0.448 e. The highest BCUT2D eigenvalue weighted by atomic mass is 35.5. The van der Waals surface area contributed by atoms with E-state index in [1.807, 2.05) is 0 Å². The van der Waals surface area contributed by atoms with Crippen molar-refractivity contribution < 1.29 is 14.3 Å². The molecule has 0 bridgehead atoms. The lowest BCUT2D eigenvalue weighted by Crippen LogP contribution is -2.37. The third-order valence-corrected chi connectivity index (χ3v) is 2.39. The van der Waals surface area contributed by atoms with Crippen LogP contribution in [0.4, 0.5) is 0 Å². The second-order valence-corrected chi connectivity index (χ2v) is 2.99. The first-order valence-electron chi connectivity index (χ1n) is 3.08. The fourth-order valence-corrected chi connectivity index (χ4v) is 1.49. The van der Waals surface area contributed by atoms with Gasteiger partial charge in [-0.3, -0.25) is 9.59 Å². The van der Waals surface area contributed by atoms with Crippen molar-refractivity contribution in [3.05, 3.63) is 0 Å². The van der Waals surface area contributed by atoms with Gasteiger partial charge in [-0.25, -0.2) is 0 Å². The van der Waals surface area contributed by atoms with E-state index >= 15 is 0 Å². The molecule has 1 heterocycles. The van der Waals surface area contributed by atoms with Crippen LogP contribution in [0.2, 0.25) is 0 Å². The number of hydrogen-bond acceptors (Lipinski definition) is 3. The van der Waals surface area contributed by atoms with E-state index in [-0.39, 0.29) is 18.7 Å². The zero-order chi connectivity index (χ0) is 8.48. The predicted octanol–water partition coefficient (Wildman–Crippen LogP) is 1.07. The molecule has 3 nitrogen and oxygen atoms in total. The van der Waals surface area contributed by atoms with Gasteiger partial charge in [0.05, 0.1) is 5.88 Å². The molecule has 0 aromatic rings. The maximum absolute atomic E-state index is 10.7. The van der Waals surface area contributed by atoms with Crippen LogP contribution in [-0.2, 0) is 14.3 Å². The predicted molar refractivity (Wildman–Crippen MR) is 39.6 cm³/mol. The minimum Gasteiger partial charge on any atom is -0.448 e. The Morgan fingerprint density at radius 1 is 1.73 bits per heavy atom. The summed E-state index contributed by atoms with van der Waals surface area (Å²) in [6.07, 6.45) is 0.503. The van der Waals surface area contributed by atoms with E-state index in [9.17, 15) is 9.59 Å². The first kappa shape index (κ1) is 8.81. The van der Waals surface area contributed by atoms with Gasteiger partial charge in [-0.05, 0) is 11.6 Å². The summed E-state index contributed by atoms with van der Waals surface area (Å²) in [5.41, 5.74) is -1.25. The lowest BCUT2D eigenvalue weighted by Gasteiger charge is -2.18. The van der Waals surface area contributed by atoms with Gasteiger partial charge in [0.2, 0.25) is 0 Å². The molecule has 62 valence electrons. The van der Waals surface area contributed by atoms with Crippen molar-refractivity contribution in [1.82, 2.24) is 0 Å². The normalized spacial score (nSPS) is 30.2. The molecule has 1 aliphatic rings. The maximum Gasteiger partial charge on any atom is 0.307 e. The van der Waals surface area contributed by atoms with Crippen molar-refractivity contribution in [3.8, 4) is 0 Å². The standard InChI is InChI=1S/C6H6Cl2O3/c7-3-6(5(8)10)2-1-4(9)11-6/h1-3H2. The lowest BCUT2D eigenvalue weighted by atomic mass is 10.1. The number of rotatable bonds is 2. The van der Waals surface area contributed by atoms with Gasteiger partial charge < -0.3 is 4.74 Å². The van der Waals surface area contributed by atoms with Crippen LogP contribution in [-0.4, -0.2) is 22.7 Å². The number of esters is 1. The zero-order valence-corrected chi connectivity index (χ0v) is 7.11. The Hall–Kier alpha value is -0.280. The van der Waals surface area contributed by atoms with Gasteiger partial charge in [0, 0.05) is 12.8 Å². The van der Waals surface area contributed by atoms with Crippen molar-refractivity contribution in [2.75, 3.05) is 5.88 Å². The van der Waals surface area contributed by atoms with Gasteiger partial charge in [0.25, 0.3) is 5.24 Å². The minimum absolute atomic E-state index is 0.0684. The molecular formula is C6H6Cl2O3. The van der Waals surface area contributed by atoms with Crippen LogP contribution in [0.5, 0.6) is 0 Å². The Bertz CT molecular complexity index is 204. The van der Waals surface area contributed by atoms with Crippen molar-refractivity contribution in [2.45, 2.75) is 18.4 Å². The third-order valence-electron chi connectivity index (χ3n) is 1.62. The van der Waals surface area contributed by atoms with Gasteiger partial charge in [-0.1, -0.05) is 0 Å². The van der Waals surface area contributed by atoms with E-state index in [4.69, 9.17) is 27.9 Å². The summed E-state index contributed by atoms with van der Waals surface area (Å²) >= 11 is 10.6. The second kappa shape index (κ2) is 2.99. The van der Waals surface area contributed by atoms with Crippen LogP contribution in [0.15, 0.2) is 0 Å². The highest BCUT2D eigenvalue weighted by molar-refractivity contribution is 6.66. The van der Waals surface area contributed by atoms with E-state index in [1.54, 1.807) is 0 Å². The third kappa shape index (κ3) is 1.49. The molecule has 0 radical (unpaired) electrons. The molecular weight excluding hydrogens is 191 g/mol. The quantitative estimate of drug-likeness (QED) is 0.377. The number of hydrogen-bond donors (Lipinski definition) is 0. The Morgan fingerprint density at radius 2 is 2.36 bits per heavy atom. The molecule has 5 heteroatoms. The number of cyclic esters (lactones) is 1. The van der Waals surface area contributed by atoms with Crippen molar-refractivity contribution in [3.63, 3.8) is 0 Å². The zero-order valence-electron chi connectivity index (χ0n) is 5.60. The fraction of sp³-hybridized carbons (Fsp3) is 0.667. The molecule has 1 atom stereocenters. The van der Waals surface area contributed by atoms with Gasteiger partial charge in [0.1, 0.15) is 0 Å². The minimum atomic E-state index is -1.25. The molecule has 0 aromatic carbocycles. The van der Waals surface area contributed by atoms with Crippen LogP contribution in [0, 0.1) is 0 Å². The molecule has 0 aliphatic carbocycles. The smallest absolute Gasteiger partial charge is 0.307 e. The number of alkyl halides is 1. The molecule has 0 saturated carbocycles. The van der Waals surface area contributed by atoms with Gasteiger partial charge in [0.15, 0.2) is 5.60 Å². The monoisotopic (exact) mass is 196 g/mol. The van der Waals surface area contributed by atoms with Gasteiger partial charge in [-0.2, -0.15) is 0 Å². The average Bonchev–Trinajstić information content (AvgIpc) is 2.33. The molecule has 1 unspecified atom stereocenters. The molecule has 1 aliphatic heterocycles. The van der Waals surface area contributed by atoms with E-state index in [1.165, 1.54) is 0 Å². The molecule has 1 saturated heterocycles. The molecule has 0 aromatic heterocycles. The number of ether oxygens (including phenoxy) is 1. The SMILES string of the molecule is O=C1CCC(CCl)(C(=O)Cl)O1. The summed E-state index contributed by atoms with van der Waals surface area (Å²) in [5.74, 6) is -0.485. The van der Waals surface area contributed by atoms with E-state index in [0.717, 1.165) is 0 Å². The van der Waals surface area contributed by atoms with Gasteiger partial charge >= 0.3 is 5.97 Å². The van der Waals surface area contributed by atoms with Gasteiger partial charge in [-0.15, -0.1) is 11.6 Å². The van der Waals surface area contributed by atoms with E-state index < -0.39 is 16.8 Å². The highest BCUT2D eigenvalue weighted by Crippen LogP contribution is 2.30. The Labute approximate surface area is 73.6 Å². The lowest BCUT2D eigenvalue weighted by molar-refractivity contribution is -0.152. The first-order chi connectivity index (χ1) is 5.10. The van der Waals surface area contributed by atoms with Crippen molar-refractivity contribution in [2.24, 2.45) is 0 Å². The average molecular weight is 197 g/mol. The first-order valence-corrected chi connectivity index (χ1v) is 4.00. The van der Waals surface area contributed by atoms with Crippen LogP contribution in [0.25, 0.3) is 0 Å². The Morgan fingerprint density at radius 3 is 2.55 bits per heavy atom. The summed E-state index contributed by atoms with van der Waals surface area (Å²) in [5, 5.41) is -0.696. The topological polar surface area (TPSA) is 43.4 Å². The molecule has 1 fully saturated rings. The molecule has 0 spiro atoms. The van der Waals surface area contributed by atoms with Crippen molar-refractivity contribution in [1.29, 1.82) is 0 Å².